The van der Waals surface area contributed by atoms with Crippen LogP contribution in [-0.4, -0.2) is 19.6 Å². The van der Waals surface area contributed by atoms with Crippen LogP contribution in [-0.2, 0) is 0 Å². The molecule has 2 radical (unpaired) electrons. The molecule has 0 unspecified atom stereocenters. The Morgan fingerprint density at radius 3 is 2.40 bits per heavy atom. The van der Waals surface area contributed by atoms with Crippen LogP contribution >= 0.6 is 0 Å². The van der Waals surface area contributed by atoms with Gasteiger partial charge in [-0.2, -0.15) is 0 Å². The normalized spacial score (nSPS) is 40.4. The molecular weight excluding hydrogens is 123 g/mol. The molecule has 1 N–H and O–H groups in total. The van der Waals surface area contributed by atoms with Gasteiger partial charge in [0.05, 0.1) is 7.85 Å². The summed E-state index contributed by atoms with van der Waals surface area (Å²) in [5.41, 5.74) is 0. The molecule has 0 aliphatic heterocycles. The highest BCUT2D eigenvalue weighted by molar-refractivity contribution is 6.11. The minimum atomic E-state index is 0.326. The third-order valence-electron chi connectivity index (χ3n) is 2.64. The number of aliphatic hydroxyl groups excluding tert-OH is 1. The quantitative estimate of drug-likeness (QED) is 0.571. The summed E-state index contributed by atoms with van der Waals surface area (Å²) in [6.45, 7) is 2.50. The van der Waals surface area contributed by atoms with Gasteiger partial charge in [-0.05, 0) is 11.8 Å². The predicted octanol–water partition coefficient (Wildman–Crippen LogP) is 1.37. The van der Waals surface area contributed by atoms with E-state index in [0.717, 1.165) is 12.8 Å². The summed E-state index contributed by atoms with van der Waals surface area (Å²) in [5.74, 6) is 1.52. The second-order valence-corrected chi connectivity index (χ2v) is 3.34. The van der Waals surface area contributed by atoms with E-state index in [1.165, 1.54) is 6.42 Å². The third kappa shape index (κ3) is 1.54. The van der Waals surface area contributed by atoms with Gasteiger partial charge in [0, 0.05) is 6.61 Å². The van der Waals surface area contributed by atoms with E-state index in [1.54, 1.807) is 0 Å². The van der Waals surface area contributed by atoms with Gasteiger partial charge >= 0.3 is 0 Å². The van der Waals surface area contributed by atoms with Crippen LogP contribution in [0.3, 0.4) is 0 Å². The summed E-state index contributed by atoms with van der Waals surface area (Å²) in [6, 6.07) is 0. The van der Waals surface area contributed by atoms with Gasteiger partial charge in [-0.25, -0.2) is 0 Å². The van der Waals surface area contributed by atoms with Gasteiger partial charge in [-0.15, -0.1) is 0 Å². The molecule has 1 saturated carbocycles. The first kappa shape index (κ1) is 8.12. The maximum absolute atomic E-state index is 8.93. The number of hydrogen-bond acceptors (Lipinski definition) is 1. The topological polar surface area (TPSA) is 20.2 Å². The van der Waals surface area contributed by atoms with Crippen molar-refractivity contribution in [2.45, 2.75) is 32.0 Å². The Balaban J connectivity index is 2.41. The van der Waals surface area contributed by atoms with Crippen molar-refractivity contribution in [3.8, 4) is 0 Å². The van der Waals surface area contributed by atoms with Crippen molar-refractivity contribution in [2.75, 3.05) is 6.61 Å². The first-order valence-electron chi connectivity index (χ1n) is 4.14. The Morgan fingerprint density at radius 2 is 2.00 bits per heavy atom. The minimum absolute atomic E-state index is 0.326. The summed E-state index contributed by atoms with van der Waals surface area (Å²) in [4.78, 5) is 0. The lowest BCUT2D eigenvalue weighted by molar-refractivity contribution is 0.192. The molecule has 3 atom stereocenters. The number of rotatable bonds is 2. The molecular formula is C8H15BO. The average Bonchev–Trinajstić information content (AvgIpc) is 2.30. The van der Waals surface area contributed by atoms with Gasteiger partial charge in [0.1, 0.15) is 0 Å². The molecule has 0 saturated heterocycles. The molecule has 2 heteroatoms. The molecule has 0 aromatic carbocycles. The highest BCUT2D eigenvalue weighted by Crippen LogP contribution is 2.39. The zero-order valence-corrected chi connectivity index (χ0v) is 6.59. The van der Waals surface area contributed by atoms with Crippen LogP contribution in [0.5, 0.6) is 0 Å². The van der Waals surface area contributed by atoms with Crippen molar-refractivity contribution < 1.29 is 5.11 Å². The van der Waals surface area contributed by atoms with Crippen molar-refractivity contribution in [1.29, 1.82) is 0 Å². The number of aliphatic hydroxyl groups is 1. The van der Waals surface area contributed by atoms with Crippen molar-refractivity contribution in [3.63, 3.8) is 0 Å². The van der Waals surface area contributed by atoms with Crippen molar-refractivity contribution in [1.82, 2.24) is 0 Å². The maximum Gasteiger partial charge on any atom is 0.0699 e. The van der Waals surface area contributed by atoms with E-state index in [1.807, 2.05) is 0 Å². The van der Waals surface area contributed by atoms with Crippen LogP contribution in [0.15, 0.2) is 0 Å². The molecule has 1 aliphatic rings. The first-order valence-corrected chi connectivity index (χ1v) is 4.14. The fraction of sp³-hybridized carbons (Fsp3) is 1.00. The molecule has 56 valence electrons. The van der Waals surface area contributed by atoms with E-state index in [2.05, 4.69) is 6.92 Å². The highest BCUT2D eigenvalue weighted by Gasteiger charge is 2.29. The molecule has 1 nitrogen and oxygen atoms in total. The Morgan fingerprint density at radius 1 is 1.40 bits per heavy atom. The average molecular weight is 138 g/mol. The SMILES string of the molecule is [B][C@@H]1C[C@@H](CC)[C@@H](CO)C1. The maximum atomic E-state index is 8.93. The lowest BCUT2D eigenvalue weighted by Gasteiger charge is -2.13. The molecule has 1 aliphatic carbocycles. The van der Waals surface area contributed by atoms with Crippen LogP contribution in [0.1, 0.15) is 26.2 Å². The van der Waals surface area contributed by atoms with E-state index in [9.17, 15) is 0 Å². The van der Waals surface area contributed by atoms with E-state index in [-0.39, 0.29) is 0 Å². The number of hydrogen-bond donors (Lipinski definition) is 1. The smallest absolute Gasteiger partial charge is 0.0699 e. The Bertz CT molecular complexity index is 93.4. The molecule has 0 spiro atoms. The molecule has 0 amide bonds. The van der Waals surface area contributed by atoms with Crippen molar-refractivity contribution >= 4 is 7.85 Å². The molecule has 1 fully saturated rings. The largest absolute Gasteiger partial charge is 0.396 e. The molecule has 0 aromatic heterocycles. The Hall–Kier alpha value is 0.0249. The first-order chi connectivity index (χ1) is 4.77. The second kappa shape index (κ2) is 3.43. The van der Waals surface area contributed by atoms with Gasteiger partial charge in [-0.1, -0.05) is 32.0 Å². The minimum Gasteiger partial charge on any atom is -0.396 e. The predicted molar refractivity (Wildman–Crippen MR) is 43.1 cm³/mol. The van der Waals surface area contributed by atoms with Crippen LogP contribution in [0.25, 0.3) is 0 Å². The van der Waals surface area contributed by atoms with Crippen molar-refractivity contribution in [2.24, 2.45) is 11.8 Å². The molecule has 0 heterocycles. The fourth-order valence-electron chi connectivity index (χ4n) is 1.98. The van der Waals surface area contributed by atoms with E-state index >= 15 is 0 Å². The standard InChI is InChI=1S/C8H15BO/c1-2-6-3-8(9)4-7(6)5-10/h6-8,10H,2-5H2,1H3/t6-,7-,8-/m1/s1. The zero-order valence-electron chi connectivity index (χ0n) is 6.59. The Labute approximate surface area is 64.2 Å². The van der Waals surface area contributed by atoms with Crippen LogP contribution in [0, 0.1) is 11.8 Å². The van der Waals surface area contributed by atoms with Gasteiger partial charge < -0.3 is 5.11 Å². The summed E-state index contributed by atoms with van der Waals surface area (Å²) in [6.07, 6.45) is 3.30. The summed E-state index contributed by atoms with van der Waals surface area (Å²) < 4.78 is 0. The van der Waals surface area contributed by atoms with Crippen LogP contribution in [0.2, 0.25) is 5.82 Å². The van der Waals surface area contributed by atoms with Gasteiger partial charge in [-0.3, -0.25) is 0 Å². The molecule has 1 rings (SSSR count). The van der Waals surface area contributed by atoms with Gasteiger partial charge in [0.2, 0.25) is 0 Å². The third-order valence-corrected chi connectivity index (χ3v) is 2.64. The zero-order chi connectivity index (χ0) is 7.56. The van der Waals surface area contributed by atoms with E-state index in [0.29, 0.717) is 24.3 Å². The van der Waals surface area contributed by atoms with Gasteiger partial charge in [0.25, 0.3) is 0 Å². The summed E-state index contributed by atoms with van der Waals surface area (Å²) >= 11 is 0. The van der Waals surface area contributed by atoms with Crippen LogP contribution in [0.4, 0.5) is 0 Å². The summed E-state index contributed by atoms with van der Waals surface area (Å²) in [7, 11) is 5.76. The van der Waals surface area contributed by atoms with Crippen molar-refractivity contribution in [3.05, 3.63) is 0 Å². The highest BCUT2D eigenvalue weighted by atomic mass is 16.3. The second-order valence-electron chi connectivity index (χ2n) is 3.34. The Kier molecular flexibility index (Phi) is 2.78. The van der Waals surface area contributed by atoms with Gasteiger partial charge in [0.15, 0.2) is 0 Å². The monoisotopic (exact) mass is 138 g/mol. The molecule has 0 bridgehead atoms. The molecule has 0 aromatic rings. The summed E-state index contributed by atoms with van der Waals surface area (Å²) in [5, 5.41) is 8.93. The van der Waals surface area contributed by atoms with Crippen LogP contribution < -0.4 is 0 Å². The molecule has 10 heavy (non-hydrogen) atoms. The van der Waals surface area contributed by atoms with E-state index in [4.69, 9.17) is 13.0 Å². The lowest BCUT2D eigenvalue weighted by Crippen LogP contribution is -2.10. The van der Waals surface area contributed by atoms with E-state index < -0.39 is 0 Å². The fourth-order valence-corrected chi connectivity index (χ4v) is 1.98. The lowest BCUT2D eigenvalue weighted by atomic mass is 9.85.